The summed E-state index contributed by atoms with van der Waals surface area (Å²) in [4.78, 5) is 11.5. The summed E-state index contributed by atoms with van der Waals surface area (Å²) >= 11 is 0. The first-order chi connectivity index (χ1) is 9.17. The summed E-state index contributed by atoms with van der Waals surface area (Å²) in [5, 5.41) is 0. The standard InChI is InChI=1S/C13H15NO5/c1-16-10-5-4-9(6-11(10)17-2)7-14-8-12(18-3)19-13(14)15/h4-6,8H,7H2,1-3H3. The summed E-state index contributed by atoms with van der Waals surface area (Å²) in [5.41, 5.74) is 0.892. The quantitative estimate of drug-likeness (QED) is 0.820. The van der Waals surface area contributed by atoms with Gasteiger partial charge in [-0.15, -0.1) is 0 Å². The summed E-state index contributed by atoms with van der Waals surface area (Å²) in [6.45, 7) is 0.367. The van der Waals surface area contributed by atoms with E-state index in [1.54, 1.807) is 20.3 Å². The van der Waals surface area contributed by atoms with Crippen molar-refractivity contribution in [3.05, 3.63) is 40.5 Å². The van der Waals surface area contributed by atoms with Gasteiger partial charge in [0.2, 0.25) is 0 Å². The van der Waals surface area contributed by atoms with Gasteiger partial charge in [0.25, 0.3) is 0 Å². The van der Waals surface area contributed by atoms with Crippen molar-refractivity contribution in [3.8, 4) is 17.4 Å². The predicted molar refractivity (Wildman–Crippen MR) is 68.2 cm³/mol. The highest BCUT2D eigenvalue weighted by Crippen LogP contribution is 2.27. The van der Waals surface area contributed by atoms with Gasteiger partial charge in [0, 0.05) is 0 Å². The van der Waals surface area contributed by atoms with Crippen LogP contribution in [0.25, 0.3) is 0 Å². The molecule has 19 heavy (non-hydrogen) atoms. The van der Waals surface area contributed by atoms with E-state index < -0.39 is 5.76 Å². The zero-order valence-electron chi connectivity index (χ0n) is 11.0. The third kappa shape index (κ3) is 2.73. The van der Waals surface area contributed by atoms with Crippen molar-refractivity contribution in [3.63, 3.8) is 0 Å². The highest BCUT2D eigenvalue weighted by Gasteiger charge is 2.09. The molecule has 6 nitrogen and oxygen atoms in total. The normalized spacial score (nSPS) is 10.3. The molecule has 2 rings (SSSR count). The number of benzene rings is 1. The Morgan fingerprint density at radius 1 is 1.11 bits per heavy atom. The fraction of sp³-hybridized carbons (Fsp3) is 0.308. The van der Waals surface area contributed by atoms with E-state index in [9.17, 15) is 4.79 Å². The first-order valence-electron chi connectivity index (χ1n) is 5.63. The lowest BCUT2D eigenvalue weighted by Gasteiger charge is -2.09. The molecule has 0 radical (unpaired) electrons. The lowest BCUT2D eigenvalue weighted by molar-refractivity contribution is 0.293. The second-order valence-electron chi connectivity index (χ2n) is 3.84. The molecule has 0 amide bonds. The van der Waals surface area contributed by atoms with Crippen LogP contribution in [-0.2, 0) is 6.54 Å². The number of methoxy groups -OCH3 is 3. The van der Waals surface area contributed by atoms with E-state index >= 15 is 0 Å². The molecule has 0 aliphatic rings. The van der Waals surface area contributed by atoms with E-state index in [1.165, 1.54) is 17.9 Å². The molecule has 1 heterocycles. The Kier molecular flexibility index (Phi) is 3.79. The molecule has 1 aromatic carbocycles. The van der Waals surface area contributed by atoms with Crippen molar-refractivity contribution < 1.29 is 18.6 Å². The van der Waals surface area contributed by atoms with Gasteiger partial charge in [-0.2, -0.15) is 0 Å². The highest BCUT2D eigenvalue weighted by molar-refractivity contribution is 5.42. The molecule has 0 fully saturated rings. The second-order valence-corrected chi connectivity index (χ2v) is 3.84. The van der Waals surface area contributed by atoms with Crippen molar-refractivity contribution in [1.29, 1.82) is 0 Å². The van der Waals surface area contributed by atoms with Gasteiger partial charge in [-0.3, -0.25) is 4.57 Å². The number of rotatable bonds is 5. The molecule has 0 aliphatic carbocycles. The van der Waals surface area contributed by atoms with Crippen molar-refractivity contribution >= 4 is 0 Å². The van der Waals surface area contributed by atoms with Crippen LogP contribution in [0.2, 0.25) is 0 Å². The molecule has 0 atom stereocenters. The first kappa shape index (κ1) is 13.1. The largest absolute Gasteiger partial charge is 0.493 e. The molecular weight excluding hydrogens is 250 g/mol. The van der Waals surface area contributed by atoms with Crippen LogP contribution < -0.4 is 20.0 Å². The van der Waals surface area contributed by atoms with Crippen molar-refractivity contribution in [1.82, 2.24) is 4.57 Å². The summed E-state index contributed by atoms with van der Waals surface area (Å²) in [5.74, 6) is 0.976. The molecule has 0 unspecified atom stereocenters. The van der Waals surface area contributed by atoms with Crippen LogP contribution in [0, 0.1) is 0 Å². The van der Waals surface area contributed by atoms with Crippen LogP contribution in [0.5, 0.6) is 17.4 Å². The zero-order chi connectivity index (χ0) is 13.8. The zero-order valence-corrected chi connectivity index (χ0v) is 11.0. The molecule has 0 N–H and O–H groups in total. The van der Waals surface area contributed by atoms with Gasteiger partial charge in [0.05, 0.1) is 34.1 Å². The number of hydrogen-bond acceptors (Lipinski definition) is 5. The summed E-state index contributed by atoms with van der Waals surface area (Å²) in [6.07, 6.45) is 1.51. The predicted octanol–water partition coefficient (Wildman–Crippen LogP) is 1.52. The van der Waals surface area contributed by atoms with Gasteiger partial charge in [-0.25, -0.2) is 4.79 Å². The first-order valence-corrected chi connectivity index (χ1v) is 5.63. The van der Waals surface area contributed by atoms with Crippen LogP contribution in [0.4, 0.5) is 0 Å². The van der Waals surface area contributed by atoms with E-state index in [0.29, 0.717) is 18.0 Å². The summed E-state index contributed by atoms with van der Waals surface area (Å²) < 4.78 is 21.5. The molecule has 0 aliphatic heterocycles. The fourth-order valence-corrected chi connectivity index (χ4v) is 1.73. The average Bonchev–Trinajstić information content (AvgIpc) is 2.79. The van der Waals surface area contributed by atoms with Gasteiger partial charge in [0.15, 0.2) is 11.5 Å². The minimum absolute atomic E-state index is 0.186. The molecule has 1 aromatic heterocycles. The van der Waals surface area contributed by atoms with Crippen molar-refractivity contribution in [2.45, 2.75) is 6.54 Å². The molecule has 2 aromatic rings. The Labute approximate surface area is 110 Å². The minimum Gasteiger partial charge on any atom is -0.493 e. The van der Waals surface area contributed by atoms with Gasteiger partial charge in [-0.05, 0) is 17.7 Å². The maximum absolute atomic E-state index is 11.5. The Morgan fingerprint density at radius 3 is 2.42 bits per heavy atom. The Hall–Kier alpha value is -2.37. The average molecular weight is 265 g/mol. The minimum atomic E-state index is -0.466. The lowest BCUT2D eigenvalue weighted by atomic mass is 10.2. The molecule has 102 valence electrons. The van der Waals surface area contributed by atoms with E-state index in [-0.39, 0.29) is 5.95 Å². The highest BCUT2D eigenvalue weighted by atomic mass is 16.6. The van der Waals surface area contributed by atoms with Crippen LogP contribution in [0.3, 0.4) is 0 Å². The topological polar surface area (TPSA) is 62.8 Å². The Morgan fingerprint density at radius 2 is 1.84 bits per heavy atom. The molecule has 0 saturated heterocycles. The van der Waals surface area contributed by atoms with Gasteiger partial charge >= 0.3 is 11.7 Å². The Bertz CT molecular complexity index is 614. The lowest BCUT2D eigenvalue weighted by Crippen LogP contribution is -2.14. The number of nitrogens with zero attached hydrogens (tertiary/aromatic N) is 1. The van der Waals surface area contributed by atoms with Crippen molar-refractivity contribution in [2.75, 3.05) is 21.3 Å². The molecule has 0 bridgehead atoms. The smallest absolute Gasteiger partial charge is 0.422 e. The fourth-order valence-electron chi connectivity index (χ4n) is 1.73. The van der Waals surface area contributed by atoms with E-state index in [2.05, 4.69) is 0 Å². The van der Waals surface area contributed by atoms with E-state index in [0.717, 1.165) is 5.56 Å². The number of hydrogen-bond donors (Lipinski definition) is 0. The molecular formula is C13H15NO5. The van der Waals surface area contributed by atoms with Gasteiger partial charge in [-0.1, -0.05) is 6.07 Å². The maximum Gasteiger partial charge on any atom is 0.422 e. The molecule has 0 saturated carbocycles. The number of ether oxygens (including phenoxy) is 3. The second kappa shape index (κ2) is 5.51. The van der Waals surface area contributed by atoms with Crippen molar-refractivity contribution in [2.24, 2.45) is 0 Å². The van der Waals surface area contributed by atoms with Crippen LogP contribution in [-0.4, -0.2) is 25.9 Å². The van der Waals surface area contributed by atoms with Gasteiger partial charge in [0.1, 0.15) is 0 Å². The maximum atomic E-state index is 11.5. The number of aromatic nitrogens is 1. The van der Waals surface area contributed by atoms with E-state index in [1.807, 2.05) is 12.1 Å². The Balaban J connectivity index is 2.27. The number of oxazole rings is 1. The monoisotopic (exact) mass is 265 g/mol. The molecule has 6 heteroatoms. The summed E-state index contributed by atoms with van der Waals surface area (Å²) in [6, 6.07) is 5.45. The third-order valence-electron chi connectivity index (χ3n) is 2.69. The SMILES string of the molecule is COc1cn(Cc2ccc(OC)c(OC)c2)c(=O)o1. The summed E-state index contributed by atoms with van der Waals surface area (Å²) in [7, 11) is 4.58. The van der Waals surface area contributed by atoms with Crippen LogP contribution >= 0.6 is 0 Å². The third-order valence-corrected chi connectivity index (χ3v) is 2.69. The van der Waals surface area contributed by atoms with Crippen LogP contribution in [0.1, 0.15) is 5.56 Å². The van der Waals surface area contributed by atoms with Gasteiger partial charge < -0.3 is 18.6 Å². The van der Waals surface area contributed by atoms with Crippen LogP contribution in [0.15, 0.2) is 33.6 Å². The van der Waals surface area contributed by atoms with E-state index in [4.69, 9.17) is 18.6 Å². The molecule has 0 spiro atoms.